The molecular weight excluding hydrogens is 585 g/mol. The number of rotatable bonds is 9. The summed E-state index contributed by atoms with van der Waals surface area (Å²) in [6, 6.07) is 43.7. The standard InChI is InChI=1S/C44H40N4/c1-44(2)39-20-8-6-19-37(39)38-23-22-33(26-40(38)44)36-18-7-9-21-42(36)48-35-17-11-13-31(25-35)29-47-43(32-14-4-3-5-15-32)27-41(46)34-16-10-12-30(24-34)28-45/h3-27,37,39,41,47-48H,29,46H2,1-2H3/b43-27-. The molecule has 2 aliphatic carbocycles. The van der Waals surface area contributed by atoms with Crippen LogP contribution in [0.5, 0.6) is 0 Å². The van der Waals surface area contributed by atoms with Gasteiger partial charge in [-0.3, -0.25) is 0 Å². The van der Waals surface area contributed by atoms with Crippen molar-refractivity contribution in [2.75, 3.05) is 5.32 Å². The Kier molecular flexibility index (Phi) is 8.55. The molecule has 3 atom stereocenters. The molecule has 4 heteroatoms. The summed E-state index contributed by atoms with van der Waals surface area (Å²) in [6.07, 6.45) is 11.2. The third kappa shape index (κ3) is 6.21. The van der Waals surface area contributed by atoms with E-state index in [1.165, 1.54) is 22.3 Å². The molecule has 0 spiro atoms. The molecule has 7 rings (SSSR count). The van der Waals surface area contributed by atoms with Gasteiger partial charge in [-0.15, -0.1) is 0 Å². The molecule has 5 aromatic carbocycles. The third-order valence-corrected chi connectivity index (χ3v) is 9.83. The number of hydrogen-bond acceptors (Lipinski definition) is 4. The number of nitrogens with zero attached hydrogens (tertiary/aromatic N) is 1. The number of benzene rings is 5. The van der Waals surface area contributed by atoms with Crippen molar-refractivity contribution in [3.8, 4) is 17.2 Å². The number of anilines is 2. The van der Waals surface area contributed by atoms with Gasteiger partial charge in [-0.05, 0) is 81.1 Å². The Labute approximate surface area is 284 Å². The molecule has 4 N–H and O–H groups in total. The molecule has 5 aromatic rings. The molecule has 2 aliphatic rings. The van der Waals surface area contributed by atoms with Crippen LogP contribution in [0.3, 0.4) is 0 Å². The maximum atomic E-state index is 9.36. The Morgan fingerprint density at radius 1 is 0.854 bits per heavy atom. The number of allylic oxidation sites excluding steroid dienone is 4. The zero-order valence-corrected chi connectivity index (χ0v) is 27.4. The minimum absolute atomic E-state index is 0.0681. The fraction of sp³-hybridized carbons (Fsp3) is 0.159. The lowest BCUT2D eigenvalue weighted by molar-refractivity contribution is 0.394. The topological polar surface area (TPSA) is 73.9 Å². The first-order valence-corrected chi connectivity index (χ1v) is 16.6. The van der Waals surface area contributed by atoms with Crippen molar-refractivity contribution in [3.63, 3.8) is 0 Å². The van der Waals surface area contributed by atoms with Crippen molar-refractivity contribution in [2.45, 2.75) is 37.8 Å². The highest BCUT2D eigenvalue weighted by Crippen LogP contribution is 2.53. The predicted molar refractivity (Wildman–Crippen MR) is 198 cm³/mol. The van der Waals surface area contributed by atoms with Crippen LogP contribution in [0.4, 0.5) is 11.4 Å². The smallest absolute Gasteiger partial charge is 0.0991 e. The molecule has 0 aliphatic heterocycles. The monoisotopic (exact) mass is 624 g/mol. The molecule has 0 heterocycles. The second kappa shape index (κ2) is 13.2. The van der Waals surface area contributed by atoms with E-state index in [2.05, 4.69) is 134 Å². The summed E-state index contributed by atoms with van der Waals surface area (Å²) in [5.41, 5.74) is 18.7. The number of para-hydroxylation sites is 1. The zero-order valence-electron chi connectivity index (χ0n) is 27.4. The van der Waals surface area contributed by atoms with E-state index in [1.807, 2.05) is 42.5 Å². The second-order valence-corrected chi connectivity index (χ2v) is 13.3. The van der Waals surface area contributed by atoms with E-state index in [4.69, 9.17) is 5.73 Å². The molecule has 0 saturated carbocycles. The van der Waals surface area contributed by atoms with E-state index >= 15 is 0 Å². The molecule has 0 amide bonds. The molecule has 3 unspecified atom stereocenters. The Morgan fingerprint density at radius 2 is 1.65 bits per heavy atom. The molecule has 0 aromatic heterocycles. The summed E-state index contributed by atoms with van der Waals surface area (Å²) in [7, 11) is 0. The van der Waals surface area contributed by atoms with Crippen molar-refractivity contribution in [2.24, 2.45) is 11.7 Å². The van der Waals surface area contributed by atoms with Gasteiger partial charge < -0.3 is 16.4 Å². The maximum absolute atomic E-state index is 9.36. The quantitative estimate of drug-likeness (QED) is 0.153. The molecule has 0 radical (unpaired) electrons. The van der Waals surface area contributed by atoms with Gasteiger partial charge in [-0.2, -0.15) is 5.26 Å². The van der Waals surface area contributed by atoms with Gasteiger partial charge in [-0.1, -0.05) is 129 Å². The van der Waals surface area contributed by atoms with Gasteiger partial charge >= 0.3 is 0 Å². The van der Waals surface area contributed by atoms with Gasteiger partial charge in [0, 0.05) is 35.1 Å². The van der Waals surface area contributed by atoms with Crippen molar-refractivity contribution >= 4 is 17.1 Å². The van der Waals surface area contributed by atoms with Crippen LogP contribution in [-0.4, -0.2) is 0 Å². The summed E-state index contributed by atoms with van der Waals surface area (Å²) >= 11 is 0. The van der Waals surface area contributed by atoms with Crippen molar-refractivity contribution in [1.82, 2.24) is 5.32 Å². The number of fused-ring (bicyclic) bond motifs is 3. The van der Waals surface area contributed by atoms with Crippen LogP contribution < -0.4 is 16.4 Å². The first-order valence-electron chi connectivity index (χ1n) is 16.6. The highest BCUT2D eigenvalue weighted by Gasteiger charge is 2.44. The molecule has 0 saturated heterocycles. The molecule has 48 heavy (non-hydrogen) atoms. The summed E-state index contributed by atoms with van der Waals surface area (Å²) in [5, 5.41) is 16.7. The van der Waals surface area contributed by atoms with Crippen LogP contribution in [0.1, 0.15) is 59.2 Å². The average Bonchev–Trinajstić information content (AvgIpc) is 3.36. The second-order valence-electron chi connectivity index (χ2n) is 13.3. The van der Waals surface area contributed by atoms with Gasteiger partial charge in [0.05, 0.1) is 17.7 Å². The van der Waals surface area contributed by atoms with E-state index in [9.17, 15) is 5.26 Å². The van der Waals surface area contributed by atoms with Crippen LogP contribution in [0.2, 0.25) is 0 Å². The third-order valence-electron chi connectivity index (χ3n) is 9.83. The molecular formula is C44H40N4. The first kappa shape index (κ1) is 31.0. The first-order chi connectivity index (χ1) is 23.4. The fourth-order valence-electron chi connectivity index (χ4n) is 7.27. The number of hydrogen-bond donors (Lipinski definition) is 3. The number of nitrogens with one attached hydrogen (secondary N) is 2. The average molecular weight is 625 g/mol. The van der Waals surface area contributed by atoms with Gasteiger partial charge in [0.1, 0.15) is 0 Å². The predicted octanol–water partition coefficient (Wildman–Crippen LogP) is 9.92. The zero-order chi connectivity index (χ0) is 33.1. The minimum Gasteiger partial charge on any atom is -0.381 e. The highest BCUT2D eigenvalue weighted by molar-refractivity contribution is 5.82. The molecule has 236 valence electrons. The lowest BCUT2D eigenvalue weighted by atomic mass is 9.74. The SMILES string of the molecule is CC1(C)c2cc(-c3ccccc3Nc3cccc(CN/C(=C\C(N)c4cccc(C#N)c4)c4ccccc4)c3)ccc2C2C=CC=CC21. The largest absolute Gasteiger partial charge is 0.381 e. The Bertz CT molecular complexity index is 2080. The van der Waals surface area contributed by atoms with Crippen LogP contribution in [0, 0.1) is 17.2 Å². The van der Waals surface area contributed by atoms with E-state index in [1.54, 1.807) is 6.07 Å². The van der Waals surface area contributed by atoms with E-state index < -0.39 is 0 Å². The van der Waals surface area contributed by atoms with Crippen LogP contribution in [0.15, 0.2) is 152 Å². The van der Waals surface area contributed by atoms with Crippen LogP contribution >= 0.6 is 0 Å². The van der Waals surface area contributed by atoms with E-state index in [-0.39, 0.29) is 11.5 Å². The Hall–Kier alpha value is -5.63. The fourth-order valence-corrected chi connectivity index (χ4v) is 7.27. The lowest BCUT2D eigenvalue weighted by Gasteiger charge is -2.29. The maximum Gasteiger partial charge on any atom is 0.0991 e. The summed E-state index contributed by atoms with van der Waals surface area (Å²) in [6.45, 7) is 5.38. The van der Waals surface area contributed by atoms with Crippen molar-refractivity contribution < 1.29 is 0 Å². The van der Waals surface area contributed by atoms with Crippen molar-refractivity contribution in [1.29, 1.82) is 5.26 Å². The van der Waals surface area contributed by atoms with E-state index in [0.29, 0.717) is 23.9 Å². The lowest BCUT2D eigenvalue weighted by Crippen LogP contribution is -2.24. The number of nitriles is 1. The highest BCUT2D eigenvalue weighted by atomic mass is 14.9. The van der Waals surface area contributed by atoms with E-state index in [0.717, 1.165) is 33.8 Å². The van der Waals surface area contributed by atoms with Gasteiger partial charge in [-0.25, -0.2) is 0 Å². The van der Waals surface area contributed by atoms with Crippen LogP contribution in [0.25, 0.3) is 16.8 Å². The van der Waals surface area contributed by atoms with Gasteiger partial charge in [0.2, 0.25) is 0 Å². The van der Waals surface area contributed by atoms with Crippen molar-refractivity contribution in [3.05, 3.63) is 185 Å². The minimum atomic E-state index is -0.368. The molecule has 4 nitrogen and oxygen atoms in total. The molecule has 0 fully saturated rings. The van der Waals surface area contributed by atoms with Gasteiger partial charge in [0.15, 0.2) is 0 Å². The number of nitrogens with two attached hydrogens (primary N) is 1. The molecule has 0 bridgehead atoms. The summed E-state index contributed by atoms with van der Waals surface area (Å²) in [5.74, 6) is 0.932. The van der Waals surface area contributed by atoms with Gasteiger partial charge in [0.25, 0.3) is 0 Å². The normalized spacial score (nSPS) is 18.0. The summed E-state index contributed by atoms with van der Waals surface area (Å²) in [4.78, 5) is 0. The van der Waals surface area contributed by atoms with Crippen LogP contribution in [-0.2, 0) is 12.0 Å². The summed E-state index contributed by atoms with van der Waals surface area (Å²) < 4.78 is 0. The Morgan fingerprint density at radius 3 is 2.50 bits per heavy atom. The Balaban J connectivity index is 1.12.